The first-order chi connectivity index (χ1) is 9.44. The minimum atomic E-state index is -4.35. The summed E-state index contributed by atoms with van der Waals surface area (Å²) in [6, 6.07) is 2.16. The summed E-state index contributed by atoms with van der Waals surface area (Å²) in [7, 11) is 1.41. The fraction of sp³-hybridized carbons (Fsp3) is 0.500. The molecule has 2 N–H and O–H groups in total. The second-order valence-electron chi connectivity index (χ2n) is 4.19. The Morgan fingerprint density at radius 3 is 2.75 bits per heavy atom. The third-order valence-electron chi connectivity index (χ3n) is 2.81. The van der Waals surface area contributed by atoms with E-state index in [-0.39, 0.29) is 6.79 Å². The fourth-order valence-electron chi connectivity index (χ4n) is 1.88. The fourth-order valence-corrected chi connectivity index (χ4v) is 1.88. The molecule has 5 nitrogen and oxygen atoms in total. The van der Waals surface area contributed by atoms with E-state index in [9.17, 15) is 18.3 Å². The average molecular weight is 293 g/mol. The van der Waals surface area contributed by atoms with Gasteiger partial charge in [-0.1, -0.05) is 0 Å². The number of methoxy groups -OCH3 is 1. The summed E-state index contributed by atoms with van der Waals surface area (Å²) < 4.78 is 52.1. The summed E-state index contributed by atoms with van der Waals surface area (Å²) in [6.45, 7) is -1.66. The van der Waals surface area contributed by atoms with Crippen molar-refractivity contribution in [2.75, 3.05) is 27.1 Å². The Bertz CT molecular complexity index is 479. The van der Waals surface area contributed by atoms with Crippen LogP contribution >= 0.6 is 0 Å². The zero-order valence-corrected chi connectivity index (χ0v) is 10.7. The molecule has 0 saturated heterocycles. The minimum absolute atomic E-state index is 0.0227. The van der Waals surface area contributed by atoms with Gasteiger partial charge in [0.2, 0.25) is 12.5 Å². The Morgan fingerprint density at radius 1 is 1.40 bits per heavy atom. The summed E-state index contributed by atoms with van der Waals surface area (Å²) in [6.07, 6.45) is -4.35. The lowest BCUT2D eigenvalue weighted by Gasteiger charge is -2.19. The van der Waals surface area contributed by atoms with Crippen LogP contribution in [-0.4, -0.2) is 38.3 Å². The molecule has 0 radical (unpaired) electrons. The first-order valence-corrected chi connectivity index (χ1v) is 5.83. The van der Waals surface area contributed by atoms with E-state index in [1.54, 1.807) is 0 Å². The van der Waals surface area contributed by atoms with Crippen LogP contribution in [0.5, 0.6) is 17.2 Å². The highest BCUT2D eigenvalue weighted by molar-refractivity contribution is 5.55. The third-order valence-corrected chi connectivity index (χ3v) is 2.81. The zero-order valence-electron chi connectivity index (χ0n) is 10.7. The van der Waals surface area contributed by atoms with Crippen molar-refractivity contribution < 1.29 is 32.5 Å². The van der Waals surface area contributed by atoms with E-state index in [0.717, 1.165) is 0 Å². The number of benzene rings is 1. The van der Waals surface area contributed by atoms with Crippen LogP contribution in [0.15, 0.2) is 12.1 Å². The zero-order chi connectivity index (χ0) is 14.8. The Hall–Kier alpha value is -1.67. The lowest BCUT2D eigenvalue weighted by molar-refractivity contribution is -0.126. The molecule has 1 aliphatic rings. The van der Waals surface area contributed by atoms with Gasteiger partial charge in [0.25, 0.3) is 0 Å². The average Bonchev–Trinajstić information content (AvgIpc) is 2.85. The van der Waals surface area contributed by atoms with Gasteiger partial charge in [-0.2, -0.15) is 13.2 Å². The predicted octanol–water partition coefficient (Wildman–Crippen LogP) is 1.61. The van der Waals surface area contributed by atoms with Crippen molar-refractivity contribution in [2.24, 2.45) is 0 Å². The summed E-state index contributed by atoms with van der Waals surface area (Å²) >= 11 is 0. The van der Waals surface area contributed by atoms with Crippen LogP contribution in [0, 0.1) is 0 Å². The molecule has 0 bridgehead atoms. The van der Waals surface area contributed by atoms with Crippen molar-refractivity contribution in [1.82, 2.24) is 5.32 Å². The Labute approximate surface area is 113 Å². The highest BCUT2D eigenvalue weighted by Gasteiger charge is 2.29. The molecule has 112 valence electrons. The van der Waals surface area contributed by atoms with E-state index in [1.165, 1.54) is 19.2 Å². The molecule has 1 aromatic rings. The van der Waals surface area contributed by atoms with Crippen LogP contribution in [0.1, 0.15) is 11.6 Å². The maximum absolute atomic E-state index is 12.2. The molecule has 8 heteroatoms. The van der Waals surface area contributed by atoms with Crippen molar-refractivity contribution in [3.05, 3.63) is 17.7 Å². The highest BCUT2D eigenvalue weighted by Crippen LogP contribution is 2.43. The van der Waals surface area contributed by atoms with Crippen molar-refractivity contribution in [2.45, 2.75) is 12.2 Å². The van der Waals surface area contributed by atoms with Crippen LogP contribution in [0.4, 0.5) is 13.2 Å². The van der Waals surface area contributed by atoms with Gasteiger partial charge in [-0.3, -0.25) is 5.32 Å². The van der Waals surface area contributed by atoms with Crippen LogP contribution in [0.25, 0.3) is 0 Å². The van der Waals surface area contributed by atoms with Gasteiger partial charge in [0.05, 0.1) is 26.3 Å². The molecule has 0 saturated carbocycles. The quantitative estimate of drug-likeness (QED) is 0.863. The van der Waals surface area contributed by atoms with Crippen molar-refractivity contribution in [3.63, 3.8) is 0 Å². The summed E-state index contributed by atoms with van der Waals surface area (Å²) in [5.74, 6) is 1.14. The number of halogens is 3. The number of hydrogen-bond acceptors (Lipinski definition) is 5. The number of alkyl halides is 3. The maximum Gasteiger partial charge on any atom is 0.401 e. The number of ether oxygens (including phenoxy) is 3. The molecule has 1 atom stereocenters. The number of aliphatic hydroxyl groups excluding tert-OH is 1. The van der Waals surface area contributed by atoms with Gasteiger partial charge in [-0.25, -0.2) is 0 Å². The number of aliphatic hydroxyl groups is 1. The predicted molar refractivity (Wildman–Crippen MR) is 63.0 cm³/mol. The van der Waals surface area contributed by atoms with Crippen LogP contribution in [0.2, 0.25) is 0 Å². The Kier molecular flexibility index (Phi) is 4.24. The van der Waals surface area contributed by atoms with Gasteiger partial charge >= 0.3 is 6.18 Å². The first-order valence-electron chi connectivity index (χ1n) is 5.83. The van der Waals surface area contributed by atoms with Gasteiger partial charge in [0.1, 0.15) is 0 Å². The van der Waals surface area contributed by atoms with E-state index < -0.39 is 25.4 Å². The lowest BCUT2D eigenvalue weighted by Crippen LogP contribution is -2.33. The lowest BCUT2D eigenvalue weighted by atomic mass is 10.1. The molecule has 0 aliphatic carbocycles. The summed E-state index contributed by atoms with van der Waals surface area (Å²) in [5.41, 5.74) is 0.429. The first kappa shape index (κ1) is 14.7. The molecule has 1 heterocycles. The van der Waals surface area contributed by atoms with Crippen molar-refractivity contribution in [1.29, 1.82) is 0 Å². The number of fused-ring (bicyclic) bond motifs is 1. The van der Waals surface area contributed by atoms with E-state index in [2.05, 4.69) is 5.32 Å². The smallest absolute Gasteiger partial charge is 0.401 e. The molecule has 0 aromatic heterocycles. The number of hydrogen-bond donors (Lipinski definition) is 2. The molecule has 1 aromatic carbocycles. The van der Waals surface area contributed by atoms with Crippen molar-refractivity contribution >= 4 is 0 Å². The van der Waals surface area contributed by atoms with Gasteiger partial charge in [0.15, 0.2) is 11.5 Å². The van der Waals surface area contributed by atoms with Gasteiger partial charge in [-0.15, -0.1) is 0 Å². The number of nitrogens with one attached hydrogen (secondary N) is 1. The van der Waals surface area contributed by atoms with Gasteiger partial charge in [-0.05, 0) is 17.7 Å². The normalized spacial score (nSPS) is 15.2. The second kappa shape index (κ2) is 5.76. The molecular formula is C12H14F3NO4. The van der Waals surface area contributed by atoms with Crippen molar-refractivity contribution in [3.8, 4) is 17.2 Å². The van der Waals surface area contributed by atoms with Gasteiger partial charge in [0, 0.05) is 0 Å². The molecule has 0 fully saturated rings. The molecule has 0 amide bonds. The van der Waals surface area contributed by atoms with Crippen LogP contribution < -0.4 is 19.5 Å². The summed E-state index contributed by atoms with van der Waals surface area (Å²) in [5, 5.41) is 11.5. The molecule has 20 heavy (non-hydrogen) atoms. The standard InChI is InChI=1S/C12H14F3NO4/c1-18-9-2-7(3-10-11(9)20-6-19-10)8(4-17)16-5-12(13,14)15/h2-3,8,16-17H,4-6H2,1H3. The molecule has 1 aliphatic heterocycles. The summed E-state index contributed by atoms with van der Waals surface area (Å²) in [4.78, 5) is 0. The van der Waals surface area contributed by atoms with E-state index in [1.807, 2.05) is 0 Å². The Balaban J connectivity index is 2.22. The van der Waals surface area contributed by atoms with Crippen LogP contribution in [0.3, 0.4) is 0 Å². The number of rotatable bonds is 5. The highest BCUT2D eigenvalue weighted by atomic mass is 19.4. The molecule has 2 rings (SSSR count). The van der Waals surface area contributed by atoms with Crippen LogP contribution in [-0.2, 0) is 0 Å². The second-order valence-corrected chi connectivity index (χ2v) is 4.19. The maximum atomic E-state index is 12.2. The minimum Gasteiger partial charge on any atom is -0.493 e. The largest absolute Gasteiger partial charge is 0.493 e. The van der Waals surface area contributed by atoms with E-state index in [4.69, 9.17) is 14.2 Å². The van der Waals surface area contributed by atoms with Gasteiger partial charge < -0.3 is 19.3 Å². The molecule has 1 unspecified atom stereocenters. The topological polar surface area (TPSA) is 60.0 Å². The van der Waals surface area contributed by atoms with E-state index >= 15 is 0 Å². The molecular weight excluding hydrogens is 279 g/mol. The molecule has 0 spiro atoms. The van der Waals surface area contributed by atoms with E-state index in [0.29, 0.717) is 22.8 Å². The SMILES string of the molecule is COc1cc(C(CO)NCC(F)(F)F)cc2c1OCO2. The monoisotopic (exact) mass is 293 g/mol. The third kappa shape index (κ3) is 3.26. The Morgan fingerprint density at radius 2 is 2.15 bits per heavy atom.